The first kappa shape index (κ1) is 18.7. The molecule has 0 amide bonds. The van der Waals surface area contributed by atoms with Crippen molar-refractivity contribution in [3.8, 4) is 6.07 Å². The Bertz CT molecular complexity index is 974. The van der Waals surface area contributed by atoms with Crippen molar-refractivity contribution < 1.29 is 14.3 Å². The summed E-state index contributed by atoms with van der Waals surface area (Å²) >= 11 is 3.44. The van der Waals surface area contributed by atoms with Gasteiger partial charge in [-0.2, -0.15) is 5.26 Å². The van der Waals surface area contributed by atoms with Gasteiger partial charge in [0, 0.05) is 10.0 Å². The van der Waals surface area contributed by atoms with E-state index in [0.29, 0.717) is 11.3 Å². The number of carbonyl (C=O) groups excluding carboxylic acids is 1. The van der Waals surface area contributed by atoms with Crippen LogP contribution < -0.4 is 5.73 Å². The van der Waals surface area contributed by atoms with Crippen molar-refractivity contribution in [1.82, 2.24) is 0 Å². The molecule has 1 atom stereocenters. The lowest BCUT2D eigenvalue weighted by molar-refractivity contribution is -0.138. The van der Waals surface area contributed by atoms with Gasteiger partial charge in [-0.15, -0.1) is 0 Å². The number of ether oxygens (including phenoxy) is 2. The van der Waals surface area contributed by atoms with Crippen molar-refractivity contribution in [3.05, 3.63) is 87.2 Å². The Balaban J connectivity index is 2.28. The fourth-order valence-corrected chi connectivity index (χ4v) is 3.42. The molecule has 0 radical (unpaired) electrons. The average molecular weight is 425 g/mol. The number of nitriles is 1. The summed E-state index contributed by atoms with van der Waals surface area (Å²) < 4.78 is 11.8. The SMILES string of the molecule is CCOC(=O)C1=C(c2ccccc2)OC(N)=C(C#N)[C@H]1c1cccc(Br)c1. The third-order valence-electron chi connectivity index (χ3n) is 4.13. The average Bonchev–Trinajstić information content (AvgIpc) is 2.68. The fraction of sp³-hybridized carbons (Fsp3) is 0.143. The van der Waals surface area contributed by atoms with E-state index in [1.165, 1.54) is 0 Å². The van der Waals surface area contributed by atoms with Gasteiger partial charge in [-0.05, 0) is 24.6 Å². The summed E-state index contributed by atoms with van der Waals surface area (Å²) in [6.45, 7) is 1.94. The smallest absolute Gasteiger partial charge is 0.338 e. The number of halogens is 1. The zero-order valence-electron chi connectivity index (χ0n) is 14.6. The number of hydrogen-bond acceptors (Lipinski definition) is 5. The normalized spacial score (nSPS) is 16.6. The molecule has 2 N–H and O–H groups in total. The van der Waals surface area contributed by atoms with E-state index in [9.17, 15) is 10.1 Å². The maximum Gasteiger partial charge on any atom is 0.338 e. The fourth-order valence-electron chi connectivity index (χ4n) is 3.00. The zero-order valence-corrected chi connectivity index (χ0v) is 16.2. The van der Waals surface area contributed by atoms with Crippen molar-refractivity contribution in [2.45, 2.75) is 12.8 Å². The highest BCUT2D eigenvalue weighted by Gasteiger charge is 2.38. The topological polar surface area (TPSA) is 85.3 Å². The quantitative estimate of drug-likeness (QED) is 0.741. The van der Waals surface area contributed by atoms with E-state index in [4.69, 9.17) is 15.2 Å². The second-order valence-corrected chi connectivity index (χ2v) is 6.72. The first-order valence-corrected chi connectivity index (χ1v) is 9.15. The van der Waals surface area contributed by atoms with Gasteiger partial charge in [-0.1, -0.05) is 58.4 Å². The van der Waals surface area contributed by atoms with E-state index in [0.717, 1.165) is 10.0 Å². The Morgan fingerprint density at radius 1 is 1.26 bits per heavy atom. The van der Waals surface area contributed by atoms with Gasteiger partial charge in [-0.25, -0.2) is 4.79 Å². The number of esters is 1. The van der Waals surface area contributed by atoms with Crippen molar-refractivity contribution >= 4 is 27.7 Å². The van der Waals surface area contributed by atoms with Gasteiger partial charge >= 0.3 is 5.97 Å². The lowest BCUT2D eigenvalue weighted by atomic mass is 9.82. The lowest BCUT2D eigenvalue weighted by Crippen LogP contribution is -2.25. The molecule has 6 heteroatoms. The van der Waals surface area contributed by atoms with E-state index in [1.54, 1.807) is 6.92 Å². The first-order chi connectivity index (χ1) is 13.1. The predicted molar refractivity (Wildman–Crippen MR) is 105 cm³/mol. The van der Waals surface area contributed by atoms with Gasteiger partial charge in [-0.3, -0.25) is 0 Å². The number of nitrogens with zero attached hydrogens (tertiary/aromatic N) is 1. The molecule has 0 saturated heterocycles. The molecule has 0 bridgehead atoms. The maximum atomic E-state index is 12.9. The molecule has 5 nitrogen and oxygen atoms in total. The van der Waals surface area contributed by atoms with E-state index >= 15 is 0 Å². The van der Waals surface area contributed by atoms with Crippen LogP contribution in [0, 0.1) is 11.3 Å². The summed E-state index contributed by atoms with van der Waals surface area (Å²) in [4.78, 5) is 12.9. The number of carbonyl (C=O) groups is 1. The Morgan fingerprint density at radius 3 is 2.63 bits per heavy atom. The van der Waals surface area contributed by atoms with Crippen LogP contribution in [0.2, 0.25) is 0 Å². The molecule has 1 aliphatic rings. The summed E-state index contributed by atoms with van der Waals surface area (Å²) in [5.74, 6) is -0.943. The standard InChI is InChI=1S/C21H17BrN2O3/c1-2-26-21(25)18-17(14-9-6-10-15(22)11-14)16(12-23)20(24)27-19(18)13-7-4-3-5-8-13/h3-11,17H,2,24H2,1H3/t17-/m1/s1. The van der Waals surface area contributed by atoms with E-state index < -0.39 is 11.9 Å². The second-order valence-electron chi connectivity index (χ2n) is 5.81. The second kappa shape index (κ2) is 8.11. The van der Waals surface area contributed by atoms with Crippen LogP contribution in [-0.2, 0) is 14.3 Å². The number of allylic oxidation sites excluding steroid dienone is 1. The van der Waals surface area contributed by atoms with Crippen LogP contribution in [0.25, 0.3) is 5.76 Å². The molecule has 1 heterocycles. The molecule has 0 saturated carbocycles. The lowest BCUT2D eigenvalue weighted by Gasteiger charge is -2.28. The molecule has 2 aromatic rings. The van der Waals surface area contributed by atoms with Gasteiger partial charge in [0.15, 0.2) is 0 Å². The van der Waals surface area contributed by atoms with Crippen molar-refractivity contribution in [1.29, 1.82) is 5.26 Å². The van der Waals surface area contributed by atoms with Gasteiger partial charge in [0.05, 0.1) is 18.1 Å². The highest BCUT2D eigenvalue weighted by atomic mass is 79.9. The number of nitrogens with two attached hydrogens (primary N) is 1. The minimum Gasteiger partial charge on any atom is -0.463 e. The Hall–Kier alpha value is -3.04. The first-order valence-electron chi connectivity index (χ1n) is 8.36. The highest BCUT2D eigenvalue weighted by Crippen LogP contribution is 2.43. The minimum atomic E-state index is -0.685. The van der Waals surface area contributed by atoms with Crippen LogP contribution in [0.1, 0.15) is 24.0 Å². The van der Waals surface area contributed by atoms with E-state index in [2.05, 4.69) is 22.0 Å². The molecule has 27 heavy (non-hydrogen) atoms. The van der Waals surface area contributed by atoms with Gasteiger partial charge < -0.3 is 15.2 Å². The zero-order chi connectivity index (χ0) is 19.4. The highest BCUT2D eigenvalue weighted by molar-refractivity contribution is 9.10. The van der Waals surface area contributed by atoms with Crippen LogP contribution in [0.4, 0.5) is 0 Å². The molecule has 2 aromatic carbocycles. The van der Waals surface area contributed by atoms with E-state index in [-0.39, 0.29) is 23.6 Å². The van der Waals surface area contributed by atoms with Crippen LogP contribution in [0.5, 0.6) is 0 Å². The summed E-state index contributed by atoms with van der Waals surface area (Å²) in [7, 11) is 0. The van der Waals surface area contributed by atoms with Gasteiger partial charge in [0.1, 0.15) is 17.4 Å². The van der Waals surface area contributed by atoms with Gasteiger partial charge in [0.25, 0.3) is 0 Å². The molecule has 0 fully saturated rings. The van der Waals surface area contributed by atoms with Crippen LogP contribution >= 0.6 is 15.9 Å². The van der Waals surface area contributed by atoms with Crippen molar-refractivity contribution in [2.75, 3.05) is 6.61 Å². The van der Waals surface area contributed by atoms with Crippen LogP contribution in [0.15, 0.2) is 76.1 Å². The Labute approximate surface area is 165 Å². The van der Waals surface area contributed by atoms with Crippen molar-refractivity contribution in [2.24, 2.45) is 5.73 Å². The minimum absolute atomic E-state index is 0.0191. The third kappa shape index (κ3) is 3.74. The summed E-state index contributed by atoms with van der Waals surface area (Å²) in [6.07, 6.45) is 0. The molecule has 1 aliphatic heterocycles. The molecular weight excluding hydrogens is 408 g/mol. The largest absolute Gasteiger partial charge is 0.463 e. The molecule has 136 valence electrons. The maximum absolute atomic E-state index is 12.9. The summed E-state index contributed by atoms with van der Waals surface area (Å²) in [5, 5.41) is 9.69. The molecule has 0 spiro atoms. The number of benzene rings is 2. The molecule has 0 unspecified atom stereocenters. The Morgan fingerprint density at radius 2 is 2.00 bits per heavy atom. The molecular formula is C21H17BrN2O3. The third-order valence-corrected chi connectivity index (χ3v) is 4.63. The van der Waals surface area contributed by atoms with Crippen molar-refractivity contribution in [3.63, 3.8) is 0 Å². The summed E-state index contributed by atoms with van der Waals surface area (Å²) in [6, 6.07) is 18.7. The molecule has 3 rings (SSSR count). The van der Waals surface area contributed by atoms with E-state index in [1.807, 2.05) is 54.6 Å². The van der Waals surface area contributed by atoms with Crippen LogP contribution in [-0.4, -0.2) is 12.6 Å². The Kier molecular flexibility index (Phi) is 5.63. The van der Waals surface area contributed by atoms with Crippen LogP contribution in [0.3, 0.4) is 0 Å². The molecule has 0 aliphatic carbocycles. The monoisotopic (exact) mass is 424 g/mol. The number of rotatable bonds is 4. The predicted octanol–water partition coefficient (Wildman–Crippen LogP) is 4.23. The van der Waals surface area contributed by atoms with Gasteiger partial charge in [0.2, 0.25) is 5.88 Å². The summed E-state index contributed by atoms with van der Waals surface area (Å²) in [5.41, 5.74) is 7.91. The molecule has 0 aromatic heterocycles. The number of hydrogen-bond donors (Lipinski definition) is 1.